The summed E-state index contributed by atoms with van der Waals surface area (Å²) >= 11 is 0. The van der Waals surface area contributed by atoms with Crippen LogP contribution in [0.4, 0.5) is 0 Å². The number of aliphatic hydroxyl groups is 1. The minimum Gasteiger partial charge on any atom is -0.494 e. The third kappa shape index (κ3) is 6.87. The van der Waals surface area contributed by atoms with Gasteiger partial charge in [-0.1, -0.05) is 20.8 Å². The van der Waals surface area contributed by atoms with Crippen molar-refractivity contribution in [2.75, 3.05) is 20.3 Å². The summed E-state index contributed by atoms with van der Waals surface area (Å²) in [6, 6.07) is 0.225. The maximum absolute atomic E-state index is 12.6. The van der Waals surface area contributed by atoms with Gasteiger partial charge in [0.25, 0.3) is 0 Å². The second-order valence-corrected chi connectivity index (χ2v) is 8.82. The van der Waals surface area contributed by atoms with Crippen LogP contribution in [0.5, 0.6) is 0 Å². The Morgan fingerprint density at radius 1 is 1.39 bits per heavy atom. The summed E-state index contributed by atoms with van der Waals surface area (Å²) in [4.78, 5) is 14.6. The highest BCUT2D eigenvalue weighted by atomic mass is 16.7. The molecule has 162 valence electrons. The second-order valence-electron chi connectivity index (χ2n) is 8.82. The molecule has 0 aromatic carbocycles. The number of hydrogen-bond donors (Lipinski definition) is 3. The zero-order valence-electron chi connectivity index (χ0n) is 18.6. The lowest BCUT2D eigenvalue weighted by Crippen LogP contribution is -2.55. The van der Waals surface area contributed by atoms with Crippen LogP contribution in [0.2, 0.25) is 0 Å². The van der Waals surface area contributed by atoms with Crippen LogP contribution in [0.15, 0.2) is 12.0 Å². The fourth-order valence-electron chi connectivity index (χ4n) is 2.84. The third-order valence-corrected chi connectivity index (χ3v) is 5.71. The van der Waals surface area contributed by atoms with E-state index in [9.17, 15) is 9.90 Å². The summed E-state index contributed by atoms with van der Waals surface area (Å²) in [6.45, 7) is 12.5. The van der Waals surface area contributed by atoms with E-state index in [0.717, 1.165) is 25.7 Å². The molecule has 1 rings (SSSR count). The maximum Gasteiger partial charge on any atom is 0.246 e. The van der Waals surface area contributed by atoms with Crippen molar-refractivity contribution >= 4 is 11.6 Å². The fourth-order valence-corrected chi connectivity index (χ4v) is 2.84. The Hall–Kier alpha value is -1.44. The molecule has 7 nitrogen and oxygen atoms in total. The number of aliphatic hydroxyl groups excluding tert-OH is 1. The number of allylic oxidation sites excluding steroid dienone is 1. The molecular weight excluding hydrogens is 358 g/mol. The van der Waals surface area contributed by atoms with Crippen LogP contribution in [0.25, 0.3) is 0 Å². The van der Waals surface area contributed by atoms with E-state index in [1.54, 1.807) is 0 Å². The van der Waals surface area contributed by atoms with E-state index < -0.39 is 11.0 Å². The lowest BCUT2D eigenvalue weighted by Gasteiger charge is -2.38. The van der Waals surface area contributed by atoms with Crippen LogP contribution in [0.1, 0.15) is 67.2 Å². The number of hydrogen-bond acceptors (Lipinski definition) is 6. The molecule has 1 amide bonds. The molecule has 2 atom stereocenters. The zero-order chi connectivity index (χ0) is 21.5. The third-order valence-electron chi connectivity index (χ3n) is 5.71. The van der Waals surface area contributed by atoms with Gasteiger partial charge in [-0.3, -0.25) is 15.0 Å². The summed E-state index contributed by atoms with van der Waals surface area (Å²) in [6.07, 6.45) is 4.96. The molecule has 3 N–H and O–H groups in total. The van der Waals surface area contributed by atoms with E-state index in [0.29, 0.717) is 13.2 Å². The Morgan fingerprint density at radius 2 is 2.04 bits per heavy atom. The van der Waals surface area contributed by atoms with Crippen LogP contribution >= 0.6 is 0 Å². The van der Waals surface area contributed by atoms with Crippen LogP contribution in [0.3, 0.4) is 0 Å². The first kappa shape index (κ1) is 24.6. The molecule has 0 aliphatic carbocycles. The van der Waals surface area contributed by atoms with Gasteiger partial charge in [-0.15, -0.1) is 0 Å². The molecule has 0 aromatic heterocycles. The number of amides is 1. The van der Waals surface area contributed by atoms with Crippen molar-refractivity contribution in [2.45, 2.75) is 85.1 Å². The lowest BCUT2D eigenvalue weighted by atomic mass is 9.88. The Bertz CT molecular complexity index is 566. The summed E-state index contributed by atoms with van der Waals surface area (Å²) in [5.74, 6) is -0.649. The molecule has 1 aliphatic rings. The predicted molar refractivity (Wildman–Crippen MR) is 112 cm³/mol. The molecule has 28 heavy (non-hydrogen) atoms. The molecule has 0 saturated carbocycles. The van der Waals surface area contributed by atoms with Gasteiger partial charge in [-0.2, -0.15) is 0 Å². The molecule has 1 unspecified atom stereocenters. The average molecular weight is 398 g/mol. The van der Waals surface area contributed by atoms with Gasteiger partial charge in [0.1, 0.15) is 0 Å². The van der Waals surface area contributed by atoms with E-state index in [1.165, 1.54) is 6.08 Å². The van der Waals surface area contributed by atoms with Gasteiger partial charge in [0.2, 0.25) is 5.91 Å². The zero-order valence-corrected chi connectivity index (χ0v) is 18.6. The van der Waals surface area contributed by atoms with Gasteiger partial charge in [0.05, 0.1) is 12.1 Å². The smallest absolute Gasteiger partial charge is 0.246 e. The minimum atomic E-state index is -0.795. The molecule has 0 aromatic rings. The number of nitrogens with one attached hydrogen (secondary N) is 2. The molecular formula is C21H39N3O4. The molecule has 1 aliphatic heterocycles. The van der Waals surface area contributed by atoms with Crippen molar-refractivity contribution < 1.29 is 19.4 Å². The van der Waals surface area contributed by atoms with Crippen molar-refractivity contribution in [3.63, 3.8) is 0 Å². The second kappa shape index (κ2) is 10.4. The molecule has 7 heteroatoms. The Labute approximate surface area is 170 Å². The standard InChI is InChI=1S/C21H39N3O4/c1-8-15(2)24(7)21(5,6)19(26)23-17(25)13-16(22)20(3,4)14-28-18-11-9-10-12-27-18/h13,15,18,22,25H,8-12,14H2,1-7H3,(H,23,26)/b17-13-,22-16?/t15-,18?/m0/s1. The van der Waals surface area contributed by atoms with Crippen LogP contribution in [-0.2, 0) is 14.3 Å². The summed E-state index contributed by atoms with van der Waals surface area (Å²) in [5.41, 5.74) is -1.24. The molecule has 0 radical (unpaired) electrons. The van der Waals surface area contributed by atoms with Crippen LogP contribution in [0, 0.1) is 10.8 Å². The number of nitrogens with zero attached hydrogens (tertiary/aromatic N) is 1. The first-order chi connectivity index (χ1) is 12.9. The maximum atomic E-state index is 12.6. The number of carbonyl (C=O) groups excluding carboxylic acids is 1. The summed E-state index contributed by atoms with van der Waals surface area (Å²) in [7, 11) is 1.89. The highest BCUT2D eigenvalue weighted by Crippen LogP contribution is 2.23. The molecule has 0 spiro atoms. The fraction of sp³-hybridized carbons (Fsp3) is 0.810. The largest absolute Gasteiger partial charge is 0.494 e. The van der Waals surface area contributed by atoms with E-state index in [-0.39, 0.29) is 29.8 Å². The Kier molecular flexibility index (Phi) is 9.11. The van der Waals surface area contributed by atoms with E-state index in [2.05, 4.69) is 19.2 Å². The van der Waals surface area contributed by atoms with Crippen molar-refractivity contribution in [3.05, 3.63) is 12.0 Å². The Morgan fingerprint density at radius 3 is 2.57 bits per heavy atom. The quantitative estimate of drug-likeness (QED) is 0.387. The van der Waals surface area contributed by atoms with E-state index >= 15 is 0 Å². The predicted octanol–water partition coefficient (Wildman–Crippen LogP) is 3.60. The van der Waals surface area contributed by atoms with Crippen LogP contribution in [-0.4, -0.2) is 59.8 Å². The molecule has 1 fully saturated rings. The summed E-state index contributed by atoms with van der Waals surface area (Å²) in [5, 5.41) is 21.0. The number of carbonyl (C=O) groups is 1. The van der Waals surface area contributed by atoms with Gasteiger partial charge in [0.15, 0.2) is 12.2 Å². The van der Waals surface area contributed by atoms with Gasteiger partial charge >= 0.3 is 0 Å². The van der Waals surface area contributed by atoms with Gasteiger partial charge in [-0.05, 0) is 53.5 Å². The lowest BCUT2D eigenvalue weighted by molar-refractivity contribution is -0.171. The first-order valence-electron chi connectivity index (χ1n) is 10.2. The van der Waals surface area contributed by atoms with Crippen molar-refractivity contribution in [2.24, 2.45) is 5.41 Å². The van der Waals surface area contributed by atoms with Crippen molar-refractivity contribution in [3.8, 4) is 0 Å². The average Bonchev–Trinajstić information content (AvgIpc) is 2.65. The van der Waals surface area contributed by atoms with E-state index in [1.807, 2.05) is 39.6 Å². The highest BCUT2D eigenvalue weighted by Gasteiger charge is 2.35. The normalized spacial score (nSPS) is 20.1. The molecule has 1 heterocycles. The van der Waals surface area contributed by atoms with Gasteiger partial charge in [0, 0.05) is 29.9 Å². The first-order valence-corrected chi connectivity index (χ1v) is 10.2. The molecule has 1 saturated heterocycles. The summed E-state index contributed by atoms with van der Waals surface area (Å²) < 4.78 is 11.3. The SMILES string of the molecule is CC[C@H](C)N(C)C(C)(C)C(=O)N/C(O)=C/C(=N)C(C)(C)COC1CCCCO1. The monoisotopic (exact) mass is 397 g/mol. The van der Waals surface area contributed by atoms with Gasteiger partial charge < -0.3 is 20.0 Å². The van der Waals surface area contributed by atoms with Crippen molar-refractivity contribution in [1.29, 1.82) is 5.41 Å². The highest BCUT2D eigenvalue weighted by molar-refractivity contribution is 5.98. The van der Waals surface area contributed by atoms with Crippen LogP contribution < -0.4 is 5.32 Å². The number of rotatable bonds is 10. The van der Waals surface area contributed by atoms with Crippen molar-refractivity contribution in [1.82, 2.24) is 10.2 Å². The number of likely N-dealkylation sites (N-methyl/N-ethyl adjacent to an activating group) is 1. The van der Waals surface area contributed by atoms with Gasteiger partial charge in [-0.25, -0.2) is 0 Å². The topological polar surface area (TPSA) is 94.9 Å². The Balaban J connectivity index is 2.66. The number of ether oxygens (including phenoxy) is 2. The van der Waals surface area contributed by atoms with E-state index in [4.69, 9.17) is 14.9 Å². The molecule has 0 bridgehead atoms. The minimum absolute atomic E-state index is 0.175.